The highest BCUT2D eigenvalue weighted by Gasteiger charge is 2.37. The summed E-state index contributed by atoms with van der Waals surface area (Å²) in [5.74, 6) is 1.75. The third-order valence-electron chi connectivity index (χ3n) is 3.82. The zero-order valence-corrected chi connectivity index (χ0v) is 10.8. The van der Waals surface area contributed by atoms with E-state index in [-0.39, 0.29) is 11.6 Å². The van der Waals surface area contributed by atoms with E-state index in [0.29, 0.717) is 0 Å². The van der Waals surface area contributed by atoms with E-state index in [1.54, 1.807) is 7.11 Å². The van der Waals surface area contributed by atoms with Gasteiger partial charge in [0.2, 0.25) is 0 Å². The first-order valence-electron chi connectivity index (χ1n) is 6.26. The van der Waals surface area contributed by atoms with Gasteiger partial charge in [-0.2, -0.15) is 0 Å². The minimum Gasteiger partial charge on any atom is -0.497 e. The summed E-state index contributed by atoms with van der Waals surface area (Å²) >= 11 is 0. The third-order valence-corrected chi connectivity index (χ3v) is 3.82. The van der Waals surface area contributed by atoms with E-state index in [1.807, 2.05) is 18.2 Å². The molecular weight excluding hydrogens is 214 g/mol. The quantitative estimate of drug-likeness (QED) is 0.875. The summed E-state index contributed by atoms with van der Waals surface area (Å²) < 4.78 is 11.4. The fourth-order valence-electron chi connectivity index (χ4n) is 2.50. The number of rotatable bonds is 3. The first-order chi connectivity index (χ1) is 8.14. The van der Waals surface area contributed by atoms with Gasteiger partial charge in [-0.05, 0) is 31.0 Å². The van der Waals surface area contributed by atoms with Gasteiger partial charge < -0.3 is 15.2 Å². The maximum atomic E-state index is 6.26. The Bertz CT molecular complexity index is 399. The maximum Gasteiger partial charge on any atom is 0.125 e. The molecule has 2 rings (SSSR count). The molecule has 2 N–H and O–H groups in total. The summed E-state index contributed by atoms with van der Waals surface area (Å²) in [6.45, 7) is 4.31. The molecule has 1 aromatic carbocycles. The van der Waals surface area contributed by atoms with E-state index in [9.17, 15) is 0 Å². The van der Waals surface area contributed by atoms with Crippen molar-refractivity contribution in [1.82, 2.24) is 0 Å². The van der Waals surface area contributed by atoms with E-state index >= 15 is 0 Å². The van der Waals surface area contributed by atoms with Crippen LogP contribution in [0.3, 0.4) is 0 Å². The minimum atomic E-state index is -0.0962. The van der Waals surface area contributed by atoms with E-state index in [2.05, 4.69) is 13.8 Å². The van der Waals surface area contributed by atoms with Crippen LogP contribution in [0, 0.1) is 0 Å². The fourth-order valence-corrected chi connectivity index (χ4v) is 2.50. The molecule has 0 saturated heterocycles. The van der Waals surface area contributed by atoms with Gasteiger partial charge in [0.05, 0.1) is 7.11 Å². The van der Waals surface area contributed by atoms with Gasteiger partial charge in [0.1, 0.15) is 17.1 Å². The summed E-state index contributed by atoms with van der Waals surface area (Å²) in [4.78, 5) is 0. The predicted molar refractivity (Wildman–Crippen MR) is 68.5 cm³/mol. The number of benzene rings is 1. The number of fused-ring (bicyclic) bond motifs is 1. The van der Waals surface area contributed by atoms with Crippen molar-refractivity contribution in [1.29, 1.82) is 0 Å². The van der Waals surface area contributed by atoms with Crippen LogP contribution in [0.1, 0.15) is 44.7 Å². The largest absolute Gasteiger partial charge is 0.497 e. The minimum absolute atomic E-state index is 0.0359. The first kappa shape index (κ1) is 12.2. The highest BCUT2D eigenvalue weighted by molar-refractivity contribution is 5.44. The van der Waals surface area contributed by atoms with Crippen molar-refractivity contribution >= 4 is 0 Å². The lowest BCUT2D eigenvalue weighted by atomic mass is 9.84. The van der Waals surface area contributed by atoms with Crippen molar-refractivity contribution in [2.75, 3.05) is 7.11 Å². The number of nitrogens with two attached hydrogens (primary N) is 1. The van der Waals surface area contributed by atoms with Crippen molar-refractivity contribution in [3.8, 4) is 11.5 Å². The van der Waals surface area contributed by atoms with Crippen LogP contribution in [0.2, 0.25) is 0 Å². The second-order valence-corrected chi connectivity index (χ2v) is 4.71. The van der Waals surface area contributed by atoms with Gasteiger partial charge in [-0.15, -0.1) is 0 Å². The second kappa shape index (κ2) is 4.57. The molecule has 0 radical (unpaired) electrons. The van der Waals surface area contributed by atoms with E-state index in [1.165, 1.54) is 0 Å². The molecule has 0 bridgehead atoms. The molecular formula is C14H21NO2. The SMILES string of the molecule is CCC1(CC)C[C@@H](N)c2cc(OC)ccc2O1. The molecule has 0 unspecified atom stereocenters. The van der Waals surface area contributed by atoms with Crippen LogP contribution in [-0.4, -0.2) is 12.7 Å². The number of methoxy groups -OCH3 is 1. The van der Waals surface area contributed by atoms with Gasteiger partial charge in [-0.3, -0.25) is 0 Å². The number of hydrogen-bond donors (Lipinski definition) is 1. The molecule has 94 valence electrons. The highest BCUT2D eigenvalue weighted by Crippen LogP contribution is 2.42. The summed E-state index contributed by atoms with van der Waals surface area (Å²) in [5, 5.41) is 0. The fraction of sp³-hybridized carbons (Fsp3) is 0.571. The van der Waals surface area contributed by atoms with Crippen LogP contribution in [-0.2, 0) is 0 Å². The lowest BCUT2D eigenvalue weighted by molar-refractivity contribution is 0.0281. The Morgan fingerprint density at radius 3 is 2.71 bits per heavy atom. The lowest BCUT2D eigenvalue weighted by Crippen LogP contribution is -2.41. The molecule has 0 spiro atoms. The molecule has 1 heterocycles. The van der Waals surface area contributed by atoms with Gasteiger partial charge in [0.15, 0.2) is 0 Å². The normalized spacial score (nSPS) is 21.5. The summed E-state index contributed by atoms with van der Waals surface area (Å²) in [7, 11) is 1.67. The second-order valence-electron chi connectivity index (χ2n) is 4.71. The Morgan fingerprint density at radius 2 is 2.12 bits per heavy atom. The van der Waals surface area contributed by atoms with Gasteiger partial charge in [-0.25, -0.2) is 0 Å². The van der Waals surface area contributed by atoms with Crippen molar-refractivity contribution in [3.63, 3.8) is 0 Å². The molecule has 1 atom stereocenters. The van der Waals surface area contributed by atoms with Crippen molar-refractivity contribution in [3.05, 3.63) is 23.8 Å². The lowest BCUT2D eigenvalue weighted by Gasteiger charge is -2.40. The van der Waals surface area contributed by atoms with Crippen LogP contribution >= 0.6 is 0 Å². The summed E-state index contributed by atoms with van der Waals surface area (Å²) in [6.07, 6.45) is 2.85. The van der Waals surface area contributed by atoms with Crippen LogP contribution in [0.25, 0.3) is 0 Å². The molecule has 0 saturated carbocycles. The van der Waals surface area contributed by atoms with Gasteiger partial charge in [0.25, 0.3) is 0 Å². The smallest absolute Gasteiger partial charge is 0.125 e. The average molecular weight is 235 g/mol. The van der Waals surface area contributed by atoms with Crippen molar-refractivity contribution in [2.45, 2.75) is 44.8 Å². The Balaban J connectivity index is 2.37. The molecule has 0 amide bonds. The molecule has 0 fully saturated rings. The van der Waals surface area contributed by atoms with Crippen LogP contribution < -0.4 is 15.2 Å². The van der Waals surface area contributed by atoms with Crippen LogP contribution in [0.4, 0.5) is 0 Å². The van der Waals surface area contributed by atoms with E-state index in [4.69, 9.17) is 15.2 Å². The van der Waals surface area contributed by atoms with Gasteiger partial charge in [0, 0.05) is 18.0 Å². The molecule has 1 aliphatic heterocycles. The zero-order valence-electron chi connectivity index (χ0n) is 10.8. The molecule has 3 nitrogen and oxygen atoms in total. The van der Waals surface area contributed by atoms with Crippen LogP contribution in [0.5, 0.6) is 11.5 Å². The van der Waals surface area contributed by atoms with E-state index in [0.717, 1.165) is 36.3 Å². The molecule has 0 aromatic heterocycles. The zero-order chi connectivity index (χ0) is 12.5. The van der Waals surface area contributed by atoms with Crippen molar-refractivity contribution < 1.29 is 9.47 Å². The van der Waals surface area contributed by atoms with Crippen molar-refractivity contribution in [2.24, 2.45) is 5.73 Å². The Morgan fingerprint density at radius 1 is 1.41 bits per heavy atom. The number of hydrogen-bond acceptors (Lipinski definition) is 3. The monoisotopic (exact) mass is 235 g/mol. The predicted octanol–water partition coefficient (Wildman–Crippen LogP) is 3.04. The standard InChI is InChI=1S/C14H21NO2/c1-4-14(5-2)9-12(15)11-8-10(16-3)6-7-13(11)17-14/h6-8,12H,4-5,9,15H2,1-3H3/t12-/m1/s1. The molecule has 1 aromatic rings. The van der Waals surface area contributed by atoms with Gasteiger partial charge in [-0.1, -0.05) is 13.8 Å². The first-order valence-corrected chi connectivity index (χ1v) is 6.26. The topological polar surface area (TPSA) is 44.5 Å². The third kappa shape index (κ3) is 2.12. The summed E-state index contributed by atoms with van der Waals surface area (Å²) in [6, 6.07) is 5.91. The summed E-state index contributed by atoms with van der Waals surface area (Å²) in [5.41, 5.74) is 7.22. The van der Waals surface area contributed by atoms with Gasteiger partial charge >= 0.3 is 0 Å². The highest BCUT2D eigenvalue weighted by atomic mass is 16.5. The molecule has 17 heavy (non-hydrogen) atoms. The molecule has 1 aliphatic rings. The Labute approximate surface area is 103 Å². The Hall–Kier alpha value is -1.22. The van der Waals surface area contributed by atoms with Crippen LogP contribution in [0.15, 0.2) is 18.2 Å². The van der Waals surface area contributed by atoms with E-state index < -0.39 is 0 Å². The molecule has 0 aliphatic carbocycles. The average Bonchev–Trinajstić information content (AvgIpc) is 2.38. The number of ether oxygens (including phenoxy) is 2. The Kier molecular flexibility index (Phi) is 3.29. The molecule has 3 heteroatoms. The maximum absolute atomic E-state index is 6.26.